The fourth-order valence-corrected chi connectivity index (χ4v) is 7.54. The van der Waals surface area contributed by atoms with Crippen LogP contribution in [-0.4, -0.2) is 10.8 Å². The van der Waals surface area contributed by atoms with Crippen molar-refractivity contribution in [2.75, 3.05) is 0 Å². The van der Waals surface area contributed by atoms with Gasteiger partial charge in [-0.05, 0) is 84.5 Å². The number of fused-ring (bicyclic) bond motifs is 6. The number of nitrogens with zero attached hydrogens (tertiary/aromatic N) is 1. The second kappa shape index (κ2) is 5.34. The van der Waals surface area contributed by atoms with E-state index in [4.69, 9.17) is 0 Å². The van der Waals surface area contributed by atoms with E-state index in [9.17, 15) is 4.79 Å². The van der Waals surface area contributed by atoms with E-state index >= 15 is 0 Å². The normalized spacial score (nSPS) is 40.1. The molecule has 0 N–H and O–H groups in total. The zero-order valence-corrected chi connectivity index (χ0v) is 17.0. The number of pyridine rings is 1. The first-order valence-corrected chi connectivity index (χ1v) is 11.1. The molecule has 5 aliphatic carbocycles. The van der Waals surface area contributed by atoms with Gasteiger partial charge in [0.05, 0.1) is 0 Å². The summed E-state index contributed by atoms with van der Waals surface area (Å²) in [7, 11) is 0. The summed E-state index contributed by atoms with van der Waals surface area (Å²) in [6.07, 6.45) is 19.0. The molecule has 2 unspecified atom stereocenters. The number of allylic oxidation sites excluding steroid dienone is 6. The van der Waals surface area contributed by atoms with Crippen molar-refractivity contribution in [1.82, 2.24) is 4.98 Å². The summed E-state index contributed by atoms with van der Waals surface area (Å²) in [6.45, 7) is 4.97. The SMILES string of the molecule is C[C@]12CCC3C(CC4(CC4)C4=CC(=O)CC[C@@]43C)C1=CC=C2c1cccnc1. The number of rotatable bonds is 1. The van der Waals surface area contributed by atoms with Gasteiger partial charge in [-0.25, -0.2) is 0 Å². The van der Waals surface area contributed by atoms with Crippen molar-refractivity contribution in [3.63, 3.8) is 0 Å². The first-order valence-electron chi connectivity index (χ1n) is 11.1. The molecule has 144 valence electrons. The lowest BCUT2D eigenvalue weighted by Crippen LogP contribution is -2.50. The van der Waals surface area contributed by atoms with Crippen LogP contribution in [0.25, 0.3) is 5.57 Å². The molecule has 5 aliphatic rings. The molecule has 2 heteroatoms. The molecule has 3 saturated carbocycles. The van der Waals surface area contributed by atoms with Gasteiger partial charge < -0.3 is 0 Å². The fourth-order valence-electron chi connectivity index (χ4n) is 7.54. The van der Waals surface area contributed by atoms with Gasteiger partial charge in [0.25, 0.3) is 0 Å². The summed E-state index contributed by atoms with van der Waals surface area (Å²) < 4.78 is 0. The molecule has 2 nitrogen and oxygen atoms in total. The minimum Gasteiger partial charge on any atom is -0.295 e. The van der Waals surface area contributed by atoms with Crippen molar-refractivity contribution in [2.24, 2.45) is 28.1 Å². The van der Waals surface area contributed by atoms with Crippen molar-refractivity contribution < 1.29 is 4.79 Å². The second-order valence-electron chi connectivity index (χ2n) is 10.5. The smallest absolute Gasteiger partial charge is 0.155 e. The minimum atomic E-state index is 0.155. The molecule has 28 heavy (non-hydrogen) atoms. The maximum Gasteiger partial charge on any atom is 0.155 e. The molecule has 4 atom stereocenters. The summed E-state index contributed by atoms with van der Waals surface area (Å²) in [6, 6.07) is 4.27. The van der Waals surface area contributed by atoms with E-state index in [0.717, 1.165) is 12.8 Å². The third-order valence-corrected chi connectivity index (χ3v) is 9.14. The zero-order chi connectivity index (χ0) is 19.1. The Bertz CT molecular complexity index is 963. The van der Waals surface area contributed by atoms with Crippen molar-refractivity contribution in [1.29, 1.82) is 0 Å². The van der Waals surface area contributed by atoms with E-state index in [1.165, 1.54) is 43.2 Å². The number of carbonyl (C=O) groups excluding carboxylic acids is 1. The standard InChI is InChI=1S/C26H29NO/c1-24-10-8-22-19(21(24)6-5-20(24)17-4-3-13-27-16-17)15-26(11-12-26)23-14-18(28)7-9-25(22,23)2/h3-6,13-14,16,19,22H,7-12,15H2,1-2H3/t19?,22?,24-,25-/m1/s1. The molecule has 0 aliphatic heterocycles. The Morgan fingerprint density at radius 1 is 1.11 bits per heavy atom. The molecular formula is C26H29NO. The van der Waals surface area contributed by atoms with Crippen LogP contribution >= 0.6 is 0 Å². The second-order valence-corrected chi connectivity index (χ2v) is 10.5. The van der Waals surface area contributed by atoms with Crippen LogP contribution in [0, 0.1) is 28.1 Å². The lowest BCUT2D eigenvalue weighted by Gasteiger charge is -2.58. The Kier molecular flexibility index (Phi) is 3.23. The fraction of sp³-hybridized carbons (Fsp3) is 0.538. The number of aromatic nitrogens is 1. The van der Waals surface area contributed by atoms with E-state index in [1.54, 1.807) is 11.1 Å². The Morgan fingerprint density at radius 2 is 1.96 bits per heavy atom. The lowest BCUT2D eigenvalue weighted by atomic mass is 9.45. The number of carbonyl (C=O) groups is 1. The Balaban J connectivity index is 1.41. The van der Waals surface area contributed by atoms with Gasteiger partial charge in [0, 0.05) is 24.2 Å². The van der Waals surface area contributed by atoms with E-state index in [0.29, 0.717) is 23.0 Å². The average molecular weight is 372 g/mol. The topological polar surface area (TPSA) is 30.0 Å². The van der Waals surface area contributed by atoms with Gasteiger partial charge in [0.1, 0.15) is 0 Å². The first kappa shape index (κ1) is 16.9. The van der Waals surface area contributed by atoms with Crippen LogP contribution in [0.3, 0.4) is 0 Å². The molecule has 3 fully saturated rings. The van der Waals surface area contributed by atoms with Crippen molar-refractivity contribution >= 4 is 11.4 Å². The van der Waals surface area contributed by atoms with Crippen LogP contribution in [0.4, 0.5) is 0 Å². The summed E-state index contributed by atoms with van der Waals surface area (Å²) in [5.41, 5.74) is 6.67. The van der Waals surface area contributed by atoms with E-state index < -0.39 is 0 Å². The van der Waals surface area contributed by atoms with Crippen LogP contribution in [0.15, 0.2) is 53.9 Å². The predicted octanol–water partition coefficient (Wildman–Crippen LogP) is 5.92. The third-order valence-electron chi connectivity index (χ3n) is 9.14. The molecule has 1 spiro atoms. The van der Waals surface area contributed by atoms with E-state index in [2.05, 4.69) is 49.2 Å². The van der Waals surface area contributed by atoms with Gasteiger partial charge in [0.2, 0.25) is 0 Å². The molecule has 0 aromatic carbocycles. The highest BCUT2D eigenvalue weighted by Crippen LogP contribution is 2.74. The summed E-state index contributed by atoms with van der Waals surface area (Å²) >= 11 is 0. The van der Waals surface area contributed by atoms with Crippen LogP contribution in [-0.2, 0) is 4.79 Å². The van der Waals surface area contributed by atoms with Crippen LogP contribution in [0.2, 0.25) is 0 Å². The highest BCUT2D eigenvalue weighted by Gasteiger charge is 2.64. The van der Waals surface area contributed by atoms with Gasteiger partial charge in [-0.15, -0.1) is 0 Å². The summed E-state index contributed by atoms with van der Waals surface area (Å²) in [5.74, 6) is 1.74. The Hall–Kier alpha value is -1.96. The average Bonchev–Trinajstić information content (AvgIpc) is 3.37. The van der Waals surface area contributed by atoms with Crippen molar-refractivity contribution in [3.8, 4) is 0 Å². The monoisotopic (exact) mass is 371 g/mol. The van der Waals surface area contributed by atoms with Crippen LogP contribution < -0.4 is 0 Å². The highest BCUT2D eigenvalue weighted by atomic mass is 16.1. The zero-order valence-electron chi connectivity index (χ0n) is 17.0. The van der Waals surface area contributed by atoms with E-state index in [-0.39, 0.29) is 10.8 Å². The third kappa shape index (κ3) is 2.04. The maximum absolute atomic E-state index is 12.3. The van der Waals surface area contributed by atoms with Crippen molar-refractivity contribution in [3.05, 3.63) is 59.5 Å². The molecule has 0 amide bonds. The Labute approximate surface area is 167 Å². The molecule has 1 aromatic heterocycles. The highest BCUT2D eigenvalue weighted by molar-refractivity contribution is 5.92. The maximum atomic E-state index is 12.3. The molecule has 6 rings (SSSR count). The molecule has 1 heterocycles. The largest absolute Gasteiger partial charge is 0.295 e. The molecule has 0 saturated heterocycles. The molecular weight excluding hydrogens is 342 g/mol. The summed E-state index contributed by atoms with van der Waals surface area (Å²) in [4.78, 5) is 16.6. The van der Waals surface area contributed by atoms with Crippen LogP contribution in [0.1, 0.15) is 64.4 Å². The quantitative estimate of drug-likeness (QED) is 0.613. The van der Waals surface area contributed by atoms with Gasteiger partial charge in [-0.2, -0.15) is 0 Å². The summed E-state index contributed by atoms with van der Waals surface area (Å²) in [5, 5.41) is 0. The van der Waals surface area contributed by atoms with Gasteiger partial charge in [-0.1, -0.05) is 43.2 Å². The van der Waals surface area contributed by atoms with Gasteiger partial charge >= 0.3 is 0 Å². The number of hydrogen-bond acceptors (Lipinski definition) is 2. The number of ketones is 1. The number of hydrogen-bond donors (Lipinski definition) is 0. The molecule has 1 aromatic rings. The van der Waals surface area contributed by atoms with Crippen molar-refractivity contribution in [2.45, 2.75) is 58.8 Å². The van der Waals surface area contributed by atoms with Crippen LogP contribution in [0.5, 0.6) is 0 Å². The Morgan fingerprint density at radius 3 is 2.71 bits per heavy atom. The molecule has 0 bridgehead atoms. The van der Waals surface area contributed by atoms with Gasteiger partial charge in [-0.3, -0.25) is 9.78 Å². The lowest BCUT2D eigenvalue weighted by molar-refractivity contribution is -0.116. The minimum absolute atomic E-state index is 0.155. The first-order chi connectivity index (χ1) is 13.5. The van der Waals surface area contributed by atoms with Gasteiger partial charge in [0.15, 0.2) is 5.78 Å². The van der Waals surface area contributed by atoms with E-state index in [1.807, 2.05) is 12.4 Å². The molecule has 0 radical (unpaired) electrons. The predicted molar refractivity (Wildman–Crippen MR) is 111 cm³/mol.